The second-order valence-corrected chi connectivity index (χ2v) is 10.0. The molecule has 0 aliphatic heterocycles. The Kier molecular flexibility index (Phi) is 5.41. The van der Waals surface area contributed by atoms with Crippen molar-refractivity contribution >= 4 is 43.1 Å². The van der Waals surface area contributed by atoms with Crippen molar-refractivity contribution in [1.82, 2.24) is 0 Å². The molecule has 0 spiro atoms. The Hall–Kier alpha value is -5.24. The van der Waals surface area contributed by atoms with Crippen molar-refractivity contribution in [3.63, 3.8) is 0 Å². The minimum atomic E-state index is -0.356. The van der Waals surface area contributed by atoms with Gasteiger partial charge in [-0.25, -0.2) is 0 Å². The lowest BCUT2D eigenvalue weighted by atomic mass is 9.87. The topological polar surface area (TPSA) is 140 Å². The normalized spacial score (nSPS) is 11.6. The minimum Gasteiger partial charge on any atom is -0.507 e. The van der Waals surface area contributed by atoms with Crippen LogP contribution in [0, 0.1) is 13.8 Å². The number of methoxy groups -OCH3 is 2. The molecule has 6 N–H and O–H groups in total. The van der Waals surface area contributed by atoms with Gasteiger partial charge >= 0.3 is 0 Å². The first-order valence-corrected chi connectivity index (χ1v) is 12.4. The van der Waals surface area contributed by atoms with Gasteiger partial charge in [0, 0.05) is 17.0 Å². The summed E-state index contributed by atoms with van der Waals surface area (Å²) in [6.07, 6.45) is 0. The number of rotatable bonds is 3. The number of benzene rings is 6. The van der Waals surface area contributed by atoms with Gasteiger partial charge in [-0.2, -0.15) is 0 Å². The van der Waals surface area contributed by atoms with E-state index in [1.165, 1.54) is 32.4 Å². The third kappa shape index (κ3) is 3.39. The van der Waals surface area contributed by atoms with Gasteiger partial charge in [-0.3, -0.25) is 0 Å². The van der Waals surface area contributed by atoms with E-state index in [-0.39, 0.29) is 73.1 Å². The summed E-state index contributed by atoms with van der Waals surface area (Å²) in [5.74, 6) is -1.17. The molecule has 0 fully saturated rings. The monoisotopic (exact) mass is 538 g/mol. The molecule has 0 saturated heterocycles. The molecule has 0 heterocycles. The first kappa shape index (κ1) is 25.1. The number of phenols is 6. The molecular weight excluding hydrogens is 512 g/mol. The van der Waals surface area contributed by atoms with Crippen LogP contribution in [0.3, 0.4) is 0 Å². The highest BCUT2D eigenvalue weighted by Crippen LogP contribution is 2.56. The summed E-state index contributed by atoms with van der Waals surface area (Å²) in [7, 11) is 2.87. The zero-order valence-corrected chi connectivity index (χ0v) is 22.1. The van der Waals surface area contributed by atoms with Gasteiger partial charge in [-0.05, 0) is 71.5 Å². The van der Waals surface area contributed by atoms with Crippen LogP contribution in [0.25, 0.3) is 54.2 Å². The summed E-state index contributed by atoms with van der Waals surface area (Å²) in [5.41, 5.74) is 1.93. The van der Waals surface area contributed by atoms with E-state index in [1.54, 1.807) is 31.2 Å². The molecule has 0 saturated carbocycles. The highest BCUT2D eigenvalue weighted by molar-refractivity contribution is 6.23. The smallest absolute Gasteiger partial charge is 0.138 e. The summed E-state index contributed by atoms with van der Waals surface area (Å²) >= 11 is 0. The largest absolute Gasteiger partial charge is 0.507 e. The fraction of sp³-hybridized carbons (Fsp3) is 0.125. The lowest BCUT2D eigenvalue weighted by Gasteiger charge is -2.21. The molecule has 6 rings (SSSR count). The Balaban J connectivity index is 1.90. The van der Waals surface area contributed by atoms with E-state index < -0.39 is 0 Å². The van der Waals surface area contributed by atoms with Crippen LogP contribution in [-0.4, -0.2) is 44.9 Å². The summed E-state index contributed by atoms with van der Waals surface area (Å²) in [5, 5.41) is 69.1. The van der Waals surface area contributed by atoms with E-state index in [0.29, 0.717) is 32.7 Å². The van der Waals surface area contributed by atoms with Crippen molar-refractivity contribution in [3.8, 4) is 57.1 Å². The Labute approximate surface area is 228 Å². The van der Waals surface area contributed by atoms with Crippen molar-refractivity contribution in [2.45, 2.75) is 13.8 Å². The third-order valence-electron chi connectivity index (χ3n) is 7.44. The number of phenolic OH excluding ortho intramolecular Hbond substituents is 6. The van der Waals surface area contributed by atoms with E-state index in [2.05, 4.69) is 0 Å². The second kappa shape index (κ2) is 8.64. The fourth-order valence-corrected chi connectivity index (χ4v) is 5.81. The lowest BCUT2D eigenvalue weighted by molar-refractivity contribution is 0.408. The molecule has 40 heavy (non-hydrogen) atoms. The number of hydrogen-bond acceptors (Lipinski definition) is 8. The van der Waals surface area contributed by atoms with Crippen molar-refractivity contribution in [3.05, 3.63) is 59.7 Å². The second-order valence-electron chi connectivity index (χ2n) is 10.0. The zero-order chi connectivity index (χ0) is 28.6. The molecular formula is C32H26O8. The number of aromatic hydroxyl groups is 6. The van der Waals surface area contributed by atoms with Crippen LogP contribution in [0.5, 0.6) is 46.0 Å². The molecule has 0 atom stereocenters. The van der Waals surface area contributed by atoms with E-state index in [4.69, 9.17) is 9.47 Å². The van der Waals surface area contributed by atoms with Crippen molar-refractivity contribution < 1.29 is 40.1 Å². The van der Waals surface area contributed by atoms with Crippen molar-refractivity contribution in [2.24, 2.45) is 0 Å². The van der Waals surface area contributed by atoms with Gasteiger partial charge in [0.2, 0.25) is 0 Å². The molecule has 0 radical (unpaired) electrons. The number of ether oxygens (including phenoxy) is 2. The summed E-state index contributed by atoms with van der Waals surface area (Å²) in [4.78, 5) is 0. The van der Waals surface area contributed by atoms with Gasteiger partial charge in [0.15, 0.2) is 0 Å². The molecule has 6 aromatic rings. The fourth-order valence-electron chi connectivity index (χ4n) is 5.81. The molecule has 0 bridgehead atoms. The number of hydrogen-bond donors (Lipinski definition) is 6. The molecule has 0 aliphatic rings. The third-order valence-corrected chi connectivity index (χ3v) is 7.44. The zero-order valence-electron chi connectivity index (χ0n) is 22.1. The highest BCUT2D eigenvalue weighted by atomic mass is 16.5. The number of fused-ring (bicyclic) bond motifs is 4. The van der Waals surface area contributed by atoms with Crippen LogP contribution in [0.2, 0.25) is 0 Å². The Bertz CT molecular complexity index is 2060. The van der Waals surface area contributed by atoms with Crippen molar-refractivity contribution in [2.75, 3.05) is 14.2 Å². The summed E-state index contributed by atoms with van der Waals surface area (Å²) < 4.78 is 11.1. The maximum atomic E-state index is 11.9. The average molecular weight is 539 g/mol. The number of aryl methyl sites for hydroxylation is 2. The van der Waals surface area contributed by atoms with Gasteiger partial charge < -0.3 is 40.1 Å². The molecule has 8 heteroatoms. The molecule has 0 aromatic heterocycles. The molecule has 0 unspecified atom stereocenters. The molecule has 0 amide bonds. The molecule has 6 aromatic carbocycles. The maximum absolute atomic E-state index is 11.9. The molecule has 202 valence electrons. The first-order chi connectivity index (χ1) is 19.0. The highest BCUT2D eigenvalue weighted by Gasteiger charge is 2.27. The maximum Gasteiger partial charge on any atom is 0.138 e. The average Bonchev–Trinajstić information content (AvgIpc) is 2.88. The Morgan fingerprint density at radius 1 is 0.475 bits per heavy atom. The Morgan fingerprint density at radius 3 is 1.68 bits per heavy atom. The lowest BCUT2D eigenvalue weighted by Crippen LogP contribution is -1.95. The predicted molar refractivity (Wildman–Crippen MR) is 154 cm³/mol. The van der Waals surface area contributed by atoms with E-state index >= 15 is 0 Å². The van der Waals surface area contributed by atoms with Gasteiger partial charge in [0.05, 0.1) is 41.3 Å². The molecule has 0 aliphatic carbocycles. The first-order valence-electron chi connectivity index (χ1n) is 12.4. The van der Waals surface area contributed by atoms with E-state index in [1.807, 2.05) is 13.0 Å². The van der Waals surface area contributed by atoms with Gasteiger partial charge in [0.25, 0.3) is 0 Å². The van der Waals surface area contributed by atoms with Gasteiger partial charge in [-0.1, -0.05) is 12.1 Å². The van der Waals surface area contributed by atoms with Crippen LogP contribution >= 0.6 is 0 Å². The standard InChI is InChI=1S/C32H26O8/c1-13-5-15-9-16-10-23(40-4)29(31(37)25(16)30(36)24(15)20(33)7-13)26-18-6-14(2)8-21(34)27(18)32(38)28-19(26)11-17(39-3)12-22(28)35/h5-12,33-38H,1-4H3. The van der Waals surface area contributed by atoms with Gasteiger partial charge in [0.1, 0.15) is 46.0 Å². The van der Waals surface area contributed by atoms with E-state index in [0.717, 1.165) is 5.56 Å². The SMILES string of the molecule is COc1cc(O)c2c(O)c3c(O)cc(C)cc3c(-c3c(OC)cc4cc5cc(C)cc(O)c5c(O)c4c3O)c2c1. The van der Waals surface area contributed by atoms with Gasteiger partial charge in [-0.15, -0.1) is 0 Å². The van der Waals surface area contributed by atoms with Crippen LogP contribution in [0.4, 0.5) is 0 Å². The van der Waals surface area contributed by atoms with Crippen molar-refractivity contribution in [1.29, 1.82) is 0 Å². The summed E-state index contributed by atoms with van der Waals surface area (Å²) in [6, 6.07) is 12.9. The summed E-state index contributed by atoms with van der Waals surface area (Å²) in [6.45, 7) is 3.59. The van der Waals surface area contributed by atoms with Crippen LogP contribution in [0.15, 0.2) is 48.5 Å². The quantitative estimate of drug-likeness (QED) is 0.135. The van der Waals surface area contributed by atoms with Crippen LogP contribution in [0.1, 0.15) is 11.1 Å². The molecule has 8 nitrogen and oxygen atoms in total. The van der Waals surface area contributed by atoms with E-state index in [9.17, 15) is 30.6 Å². The Morgan fingerprint density at radius 2 is 1.02 bits per heavy atom. The van der Waals surface area contributed by atoms with Crippen LogP contribution in [-0.2, 0) is 0 Å². The van der Waals surface area contributed by atoms with Crippen LogP contribution < -0.4 is 9.47 Å². The minimum absolute atomic E-state index is 0.0276. The predicted octanol–water partition coefficient (Wildman–Crippen LogP) is 6.83.